The van der Waals surface area contributed by atoms with Crippen molar-refractivity contribution in [3.63, 3.8) is 0 Å². The molecule has 0 saturated heterocycles. The molecule has 1 aromatic rings. The summed E-state index contributed by atoms with van der Waals surface area (Å²) >= 11 is 0. The van der Waals surface area contributed by atoms with Crippen molar-refractivity contribution in [2.24, 2.45) is 0 Å². The van der Waals surface area contributed by atoms with Crippen molar-refractivity contribution in [2.45, 2.75) is 51.9 Å². The summed E-state index contributed by atoms with van der Waals surface area (Å²) in [5.41, 5.74) is 2.05. The maximum absolute atomic E-state index is 9.88. The molecule has 0 atom stereocenters. The lowest BCUT2D eigenvalue weighted by Crippen LogP contribution is -2.24. The van der Waals surface area contributed by atoms with Crippen LogP contribution >= 0.6 is 0 Å². The number of phenolic OH excluding ortho intramolecular Hbond substituents is 2. The third-order valence-corrected chi connectivity index (χ3v) is 4.21. The van der Waals surface area contributed by atoms with E-state index in [0.717, 1.165) is 36.4 Å². The molecule has 0 amide bonds. The van der Waals surface area contributed by atoms with Crippen molar-refractivity contribution in [3.8, 4) is 11.5 Å². The van der Waals surface area contributed by atoms with Crippen LogP contribution in [0.1, 0.15) is 30.9 Å². The molecule has 3 heteroatoms. The fourth-order valence-electron chi connectivity index (χ4n) is 1.97. The highest BCUT2D eigenvalue weighted by molar-refractivity contribution is 6.75. The number of phenols is 2. The summed E-state index contributed by atoms with van der Waals surface area (Å²) in [6.07, 6.45) is 3.24. The Labute approximate surface area is 105 Å². The molecule has 0 fully saturated rings. The van der Waals surface area contributed by atoms with Gasteiger partial charge in [-0.25, -0.2) is 0 Å². The van der Waals surface area contributed by atoms with E-state index in [1.807, 2.05) is 0 Å². The molecule has 1 rings (SSSR count). The first-order chi connectivity index (χ1) is 7.83. The maximum Gasteiger partial charge on any atom is 0.160 e. The predicted molar refractivity (Wildman–Crippen MR) is 75.4 cm³/mol. The van der Waals surface area contributed by atoms with Crippen molar-refractivity contribution in [1.29, 1.82) is 0 Å². The number of aryl methyl sites for hydroxylation is 1. The van der Waals surface area contributed by atoms with Crippen LogP contribution in [-0.2, 0) is 12.5 Å². The number of aromatic hydroxyl groups is 2. The second-order valence-corrected chi connectivity index (χ2v) is 11.4. The zero-order valence-corrected chi connectivity index (χ0v) is 12.4. The van der Waals surface area contributed by atoms with E-state index in [1.165, 1.54) is 0 Å². The summed E-state index contributed by atoms with van der Waals surface area (Å²) in [5.74, 6) is 0.111. The van der Waals surface area contributed by atoms with Crippen LogP contribution in [0.5, 0.6) is 11.5 Å². The van der Waals surface area contributed by atoms with E-state index >= 15 is 0 Å². The van der Waals surface area contributed by atoms with E-state index in [9.17, 15) is 10.2 Å². The van der Waals surface area contributed by atoms with Gasteiger partial charge in [0.1, 0.15) is 0 Å². The summed E-state index contributed by atoms with van der Waals surface area (Å²) in [5, 5.41) is 19.6. The van der Waals surface area contributed by atoms with Crippen LogP contribution in [0, 0.1) is 0 Å². The third-order valence-electron chi connectivity index (χ3n) is 2.77. The Morgan fingerprint density at radius 1 is 1.12 bits per heavy atom. The Morgan fingerprint density at radius 3 is 2.29 bits per heavy atom. The van der Waals surface area contributed by atoms with Crippen LogP contribution < -0.4 is 0 Å². The molecule has 0 bridgehead atoms. The van der Waals surface area contributed by atoms with Gasteiger partial charge in [-0.1, -0.05) is 39.1 Å². The van der Waals surface area contributed by atoms with E-state index in [2.05, 4.69) is 32.6 Å². The Bertz CT molecular complexity index is 381. The van der Waals surface area contributed by atoms with Gasteiger partial charge in [0, 0.05) is 8.07 Å². The molecule has 1 aromatic carbocycles. The lowest BCUT2D eigenvalue weighted by Gasteiger charge is -2.18. The average Bonchev–Trinajstić information content (AvgIpc) is 2.20. The van der Waals surface area contributed by atoms with Gasteiger partial charge in [0.05, 0.1) is 0 Å². The normalized spacial score (nSPS) is 11.8. The molecule has 0 aliphatic rings. The van der Waals surface area contributed by atoms with E-state index in [0.29, 0.717) is 0 Å². The third kappa shape index (κ3) is 4.42. The zero-order valence-electron chi connectivity index (χ0n) is 11.4. The van der Waals surface area contributed by atoms with E-state index < -0.39 is 8.07 Å². The molecular formula is C14H24O2Si. The minimum absolute atomic E-state index is 0.0341. The van der Waals surface area contributed by atoms with Gasteiger partial charge in [0.2, 0.25) is 0 Å². The summed E-state index contributed by atoms with van der Waals surface area (Å²) in [4.78, 5) is 0. The molecule has 0 aliphatic heterocycles. The standard InChI is InChI=1S/C14H24O2Si/c1-5-6-7-11-8-12(10-17(2,3)4)14(16)13(15)9-11/h8-9,15-16H,5-7,10H2,1-4H3. The van der Waals surface area contributed by atoms with Crippen molar-refractivity contribution in [3.05, 3.63) is 23.3 Å². The minimum atomic E-state index is -1.28. The van der Waals surface area contributed by atoms with Gasteiger partial charge in [-0.3, -0.25) is 0 Å². The number of rotatable bonds is 5. The fraction of sp³-hybridized carbons (Fsp3) is 0.571. The second kappa shape index (κ2) is 5.58. The minimum Gasteiger partial charge on any atom is -0.504 e. The topological polar surface area (TPSA) is 40.5 Å². The van der Waals surface area contributed by atoms with Gasteiger partial charge in [-0.05, 0) is 36.1 Å². The van der Waals surface area contributed by atoms with Gasteiger partial charge < -0.3 is 10.2 Å². The van der Waals surface area contributed by atoms with Gasteiger partial charge in [0.15, 0.2) is 11.5 Å². The van der Waals surface area contributed by atoms with Crippen LogP contribution in [0.15, 0.2) is 12.1 Å². The molecule has 0 heterocycles. The SMILES string of the molecule is CCCCc1cc(O)c(O)c(C[Si](C)(C)C)c1. The first kappa shape index (κ1) is 14.1. The first-order valence-corrected chi connectivity index (χ1v) is 10.1. The molecule has 2 N–H and O–H groups in total. The quantitative estimate of drug-likeness (QED) is 0.617. The number of hydrogen-bond donors (Lipinski definition) is 2. The highest BCUT2D eigenvalue weighted by Crippen LogP contribution is 2.32. The molecular weight excluding hydrogens is 228 g/mol. The smallest absolute Gasteiger partial charge is 0.160 e. The molecule has 2 nitrogen and oxygen atoms in total. The van der Waals surface area contributed by atoms with Gasteiger partial charge in [0.25, 0.3) is 0 Å². The summed E-state index contributed by atoms with van der Waals surface area (Å²) in [6, 6.07) is 4.66. The fourth-order valence-corrected chi connectivity index (χ4v) is 3.39. The van der Waals surface area contributed by atoms with E-state index in [1.54, 1.807) is 6.07 Å². The van der Waals surface area contributed by atoms with Crippen LogP contribution in [0.4, 0.5) is 0 Å². The molecule has 17 heavy (non-hydrogen) atoms. The molecule has 0 saturated carbocycles. The predicted octanol–water partition coefficient (Wildman–Crippen LogP) is 3.86. The molecule has 0 aliphatic carbocycles. The largest absolute Gasteiger partial charge is 0.504 e. The molecule has 0 aromatic heterocycles. The monoisotopic (exact) mass is 252 g/mol. The maximum atomic E-state index is 9.88. The van der Waals surface area contributed by atoms with Gasteiger partial charge in [-0.15, -0.1) is 0 Å². The van der Waals surface area contributed by atoms with Crippen molar-refractivity contribution in [2.75, 3.05) is 0 Å². The number of hydrogen-bond acceptors (Lipinski definition) is 2. The summed E-state index contributed by atoms with van der Waals surface area (Å²) in [6.45, 7) is 8.95. The van der Waals surface area contributed by atoms with Crippen LogP contribution in [0.3, 0.4) is 0 Å². The van der Waals surface area contributed by atoms with Crippen molar-refractivity contribution >= 4 is 8.07 Å². The van der Waals surface area contributed by atoms with Crippen molar-refractivity contribution < 1.29 is 10.2 Å². The molecule has 0 radical (unpaired) electrons. The summed E-state index contributed by atoms with van der Waals surface area (Å²) in [7, 11) is -1.28. The number of benzene rings is 1. The Kier molecular flexibility index (Phi) is 4.63. The highest BCUT2D eigenvalue weighted by Gasteiger charge is 2.18. The zero-order chi connectivity index (χ0) is 13.1. The Morgan fingerprint density at radius 2 is 1.76 bits per heavy atom. The van der Waals surface area contributed by atoms with Crippen LogP contribution in [0.25, 0.3) is 0 Å². The van der Waals surface area contributed by atoms with Gasteiger partial charge >= 0.3 is 0 Å². The lowest BCUT2D eigenvalue weighted by atomic mass is 10.0. The van der Waals surface area contributed by atoms with Crippen LogP contribution in [-0.4, -0.2) is 18.3 Å². The molecule has 0 unspecified atom stereocenters. The number of unbranched alkanes of at least 4 members (excludes halogenated alkanes) is 1. The Balaban J connectivity index is 2.98. The molecule has 96 valence electrons. The first-order valence-electron chi connectivity index (χ1n) is 6.37. The second-order valence-electron chi connectivity index (χ2n) is 5.96. The van der Waals surface area contributed by atoms with Crippen LogP contribution in [0.2, 0.25) is 19.6 Å². The summed E-state index contributed by atoms with van der Waals surface area (Å²) < 4.78 is 0. The highest BCUT2D eigenvalue weighted by atomic mass is 28.3. The van der Waals surface area contributed by atoms with Crippen molar-refractivity contribution in [1.82, 2.24) is 0 Å². The van der Waals surface area contributed by atoms with E-state index in [-0.39, 0.29) is 11.5 Å². The average molecular weight is 252 g/mol. The molecule has 0 spiro atoms. The lowest BCUT2D eigenvalue weighted by molar-refractivity contribution is 0.400. The van der Waals surface area contributed by atoms with Gasteiger partial charge in [-0.2, -0.15) is 0 Å². The Hall–Kier alpha value is -0.963. The van der Waals surface area contributed by atoms with E-state index in [4.69, 9.17) is 0 Å².